The van der Waals surface area contributed by atoms with Gasteiger partial charge in [-0.2, -0.15) is 0 Å². The number of fused-ring (bicyclic) bond motifs is 1. The van der Waals surface area contributed by atoms with Crippen LogP contribution in [0.15, 0.2) is 44.8 Å². The van der Waals surface area contributed by atoms with Crippen molar-refractivity contribution in [3.05, 3.63) is 67.3 Å². The first-order valence-electron chi connectivity index (χ1n) is 14.4. The van der Waals surface area contributed by atoms with E-state index >= 15 is 0 Å². The Morgan fingerprint density at radius 2 is 1.67 bits per heavy atom. The number of nitrogens with zero attached hydrogens (tertiary/aromatic N) is 3. The monoisotopic (exact) mass is 642 g/mol. The molecular weight excluding hydrogens is 609 g/mol. The number of nitrogens with one attached hydrogen (secondary N) is 1. The van der Waals surface area contributed by atoms with Crippen LogP contribution in [0.2, 0.25) is 5.02 Å². The Balaban J connectivity index is 1.47. The molecule has 1 aliphatic heterocycles. The maximum Gasteiger partial charge on any atom is 0.573 e. The molecule has 0 radical (unpaired) electrons. The molecule has 1 N–H and O–H groups in total. The number of H-pyrrole nitrogens is 1. The zero-order chi connectivity index (χ0) is 30.9. The highest BCUT2D eigenvalue weighted by Gasteiger charge is 2.33. The number of halogens is 4. The van der Waals surface area contributed by atoms with Crippen molar-refractivity contribution in [3.63, 3.8) is 0 Å². The molecule has 2 aromatic carbocycles. The molecule has 1 aliphatic carbocycles. The normalized spacial score (nSPS) is 17.9. The molecule has 2 heterocycles. The van der Waals surface area contributed by atoms with E-state index in [1.807, 2.05) is 4.90 Å². The molecule has 2 aliphatic rings. The van der Waals surface area contributed by atoms with E-state index in [4.69, 9.17) is 11.6 Å². The first-order chi connectivity index (χ1) is 20.3. The van der Waals surface area contributed by atoms with Crippen molar-refractivity contribution in [1.29, 1.82) is 0 Å². The first-order valence-corrected chi connectivity index (χ1v) is 16.4. The fraction of sp³-hybridized carbons (Fsp3) is 0.517. The second kappa shape index (κ2) is 12.6. The third-order valence-electron chi connectivity index (χ3n) is 8.35. The fourth-order valence-electron chi connectivity index (χ4n) is 6.09. The summed E-state index contributed by atoms with van der Waals surface area (Å²) in [4.78, 5) is 33.5. The molecule has 9 nitrogen and oxygen atoms in total. The van der Waals surface area contributed by atoms with E-state index in [1.54, 1.807) is 0 Å². The number of alkyl halides is 3. The van der Waals surface area contributed by atoms with Crippen LogP contribution in [0.4, 0.5) is 13.2 Å². The van der Waals surface area contributed by atoms with Crippen molar-refractivity contribution >= 4 is 32.3 Å². The predicted molar refractivity (Wildman–Crippen MR) is 158 cm³/mol. The van der Waals surface area contributed by atoms with Gasteiger partial charge in [-0.25, -0.2) is 13.2 Å². The molecule has 0 amide bonds. The molecule has 43 heavy (non-hydrogen) atoms. The lowest BCUT2D eigenvalue weighted by Crippen LogP contribution is -2.50. The minimum atomic E-state index is -5.01. The third kappa shape index (κ3) is 7.27. The van der Waals surface area contributed by atoms with Crippen molar-refractivity contribution in [2.24, 2.45) is 0 Å². The van der Waals surface area contributed by atoms with Crippen molar-refractivity contribution in [1.82, 2.24) is 19.4 Å². The maximum atomic E-state index is 13.5. The summed E-state index contributed by atoms with van der Waals surface area (Å²) in [6.07, 6.45) is 1.04. The van der Waals surface area contributed by atoms with Gasteiger partial charge >= 0.3 is 12.1 Å². The summed E-state index contributed by atoms with van der Waals surface area (Å²) in [6, 6.07) is 6.93. The van der Waals surface area contributed by atoms with Crippen LogP contribution in [0.3, 0.4) is 0 Å². The Kier molecular flexibility index (Phi) is 9.26. The molecule has 0 bridgehead atoms. The fourth-order valence-corrected chi connectivity index (χ4v) is 7.39. The smallest absolute Gasteiger partial charge is 0.405 e. The zero-order valence-electron chi connectivity index (χ0n) is 23.8. The standard InChI is InChI=1S/C29H34ClF3N4O5S/c1-2-43(40,41)26-9-8-21(30)14-20(26)18-37-27(38)23-16-25(42-29(31,32)33)19(15-24(23)34-28(37)39)17-35-10-12-36(13-11-35)22-6-4-3-5-7-22/h8-9,14-16,22H,2-7,10-13,17-18H2,1H3,(H,34,39). The second-order valence-electron chi connectivity index (χ2n) is 11.1. The summed E-state index contributed by atoms with van der Waals surface area (Å²) in [6.45, 7) is 4.11. The van der Waals surface area contributed by atoms with Gasteiger partial charge in [0.1, 0.15) is 5.75 Å². The number of ether oxygens (including phenoxy) is 1. The minimum Gasteiger partial charge on any atom is -0.405 e. The SMILES string of the molecule is CCS(=O)(=O)c1ccc(Cl)cc1Cn1c(=O)[nH]c2cc(CN3CCN(C4CCCCC4)CC3)c(OC(F)(F)F)cc2c1=O. The molecule has 0 unspecified atom stereocenters. The average Bonchev–Trinajstić information content (AvgIpc) is 2.96. The molecule has 3 aromatic rings. The Bertz CT molecular complexity index is 1710. The van der Waals surface area contributed by atoms with Crippen LogP contribution >= 0.6 is 11.6 Å². The maximum absolute atomic E-state index is 13.5. The summed E-state index contributed by atoms with van der Waals surface area (Å²) in [7, 11) is -3.73. The minimum absolute atomic E-state index is 0.0594. The molecule has 234 valence electrons. The number of piperazine rings is 1. The van der Waals surface area contributed by atoms with Gasteiger partial charge in [-0.3, -0.25) is 19.2 Å². The van der Waals surface area contributed by atoms with Crippen LogP contribution in [0.25, 0.3) is 10.9 Å². The molecule has 2 fully saturated rings. The van der Waals surface area contributed by atoms with Gasteiger partial charge in [0.15, 0.2) is 9.84 Å². The molecule has 14 heteroatoms. The van der Waals surface area contributed by atoms with Gasteiger partial charge in [0.05, 0.1) is 28.1 Å². The van der Waals surface area contributed by atoms with Gasteiger partial charge in [0.25, 0.3) is 5.56 Å². The number of sulfone groups is 1. The number of hydrogen-bond donors (Lipinski definition) is 1. The topological polar surface area (TPSA) is 105 Å². The number of aromatic amines is 1. The summed E-state index contributed by atoms with van der Waals surface area (Å²) in [5.74, 6) is -0.747. The van der Waals surface area contributed by atoms with E-state index in [2.05, 4.69) is 14.6 Å². The quantitative estimate of drug-likeness (QED) is 0.385. The van der Waals surface area contributed by atoms with E-state index in [0.29, 0.717) is 19.1 Å². The lowest BCUT2D eigenvalue weighted by molar-refractivity contribution is -0.274. The highest BCUT2D eigenvalue weighted by Crippen LogP contribution is 2.31. The lowest BCUT2D eigenvalue weighted by Gasteiger charge is -2.40. The van der Waals surface area contributed by atoms with Crippen LogP contribution in [-0.2, 0) is 22.9 Å². The highest BCUT2D eigenvalue weighted by molar-refractivity contribution is 7.91. The second-order valence-corrected chi connectivity index (χ2v) is 13.8. The summed E-state index contributed by atoms with van der Waals surface area (Å²) in [5.41, 5.74) is -1.37. The number of hydrogen-bond acceptors (Lipinski definition) is 7. The van der Waals surface area contributed by atoms with Crippen molar-refractivity contribution in [3.8, 4) is 5.75 Å². The lowest BCUT2D eigenvalue weighted by atomic mass is 9.94. The molecule has 1 aromatic heterocycles. The molecular formula is C29H34ClF3N4O5S. The van der Waals surface area contributed by atoms with E-state index in [9.17, 15) is 31.2 Å². The Morgan fingerprint density at radius 1 is 0.977 bits per heavy atom. The highest BCUT2D eigenvalue weighted by atomic mass is 35.5. The van der Waals surface area contributed by atoms with Gasteiger partial charge in [0.2, 0.25) is 0 Å². The summed E-state index contributed by atoms with van der Waals surface area (Å²) < 4.78 is 70.8. The molecule has 0 spiro atoms. The van der Waals surface area contributed by atoms with Gasteiger partial charge < -0.3 is 9.72 Å². The van der Waals surface area contributed by atoms with Crippen LogP contribution in [0.5, 0.6) is 5.75 Å². The first kappa shape index (κ1) is 31.6. The number of rotatable bonds is 8. The number of aromatic nitrogens is 2. The van der Waals surface area contributed by atoms with Crippen LogP contribution in [0.1, 0.15) is 50.2 Å². The van der Waals surface area contributed by atoms with Crippen molar-refractivity contribution in [2.75, 3.05) is 31.9 Å². The zero-order valence-corrected chi connectivity index (χ0v) is 25.3. The van der Waals surface area contributed by atoms with Gasteiger partial charge in [-0.1, -0.05) is 37.8 Å². The van der Waals surface area contributed by atoms with Gasteiger partial charge in [-0.15, -0.1) is 13.2 Å². The Morgan fingerprint density at radius 3 is 2.33 bits per heavy atom. The summed E-state index contributed by atoms with van der Waals surface area (Å²) in [5, 5.41) is -0.00737. The van der Waals surface area contributed by atoms with Crippen molar-refractivity contribution in [2.45, 2.75) is 69.4 Å². The Hall–Kier alpha value is -2.87. The third-order valence-corrected chi connectivity index (χ3v) is 10.4. The van der Waals surface area contributed by atoms with Crippen molar-refractivity contribution < 1.29 is 26.3 Å². The Labute approximate surface area is 252 Å². The summed E-state index contributed by atoms with van der Waals surface area (Å²) >= 11 is 6.08. The van der Waals surface area contributed by atoms with E-state index < -0.39 is 39.7 Å². The van der Waals surface area contributed by atoms with E-state index in [1.165, 1.54) is 63.3 Å². The van der Waals surface area contributed by atoms with Crippen LogP contribution in [0, 0.1) is 0 Å². The van der Waals surface area contributed by atoms with E-state index in [-0.39, 0.29) is 44.2 Å². The van der Waals surface area contributed by atoms with Crippen LogP contribution < -0.4 is 16.0 Å². The van der Waals surface area contributed by atoms with Gasteiger partial charge in [0, 0.05) is 49.4 Å². The average molecular weight is 643 g/mol. The molecule has 1 saturated heterocycles. The van der Waals surface area contributed by atoms with Gasteiger partial charge in [-0.05, 0) is 48.7 Å². The molecule has 5 rings (SSSR count). The van der Waals surface area contributed by atoms with Crippen LogP contribution in [-0.4, -0.2) is 72.1 Å². The predicted octanol–water partition coefficient (Wildman–Crippen LogP) is 4.53. The molecule has 1 saturated carbocycles. The number of benzene rings is 2. The molecule has 0 atom stereocenters. The van der Waals surface area contributed by atoms with E-state index in [0.717, 1.165) is 23.7 Å². The largest absolute Gasteiger partial charge is 0.573 e.